The van der Waals surface area contributed by atoms with E-state index in [0.717, 1.165) is 16.9 Å². The minimum absolute atomic E-state index is 0.283. The summed E-state index contributed by atoms with van der Waals surface area (Å²) in [6, 6.07) is 3.13. The third-order valence-electron chi connectivity index (χ3n) is 2.29. The fraction of sp³-hybridized carbons (Fsp3) is 0.538. The Balaban J connectivity index is 2.50. The van der Waals surface area contributed by atoms with Crippen molar-refractivity contribution in [3.63, 3.8) is 0 Å². The van der Waals surface area contributed by atoms with Gasteiger partial charge in [-0.15, -0.1) is 0 Å². The Morgan fingerprint density at radius 1 is 1.52 bits per heavy atom. The highest BCUT2D eigenvalue weighted by molar-refractivity contribution is 8.56. The second-order valence-corrected chi connectivity index (χ2v) is 9.05. The van der Waals surface area contributed by atoms with Crippen LogP contribution in [0.1, 0.15) is 26.3 Å². The van der Waals surface area contributed by atoms with E-state index in [2.05, 4.69) is 15.4 Å². The number of hydrogen-bond acceptors (Lipinski definition) is 5. The molecule has 1 heterocycles. The number of nitrogens with zero attached hydrogens (tertiary/aromatic N) is 1. The molecule has 1 unspecified atom stereocenters. The Bertz CT molecular complexity index is 485. The molecule has 0 saturated carbocycles. The van der Waals surface area contributed by atoms with E-state index in [1.54, 1.807) is 25.4 Å². The first-order valence-corrected chi connectivity index (χ1v) is 10.0. The summed E-state index contributed by atoms with van der Waals surface area (Å²) in [5.41, 5.74) is 0.869. The van der Waals surface area contributed by atoms with Crippen LogP contribution in [0.15, 0.2) is 24.5 Å². The predicted molar refractivity (Wildman–Crippen MR) is 86.1 cm³/mol. The van der Waals surface area contributed by atoms with Crippen molar-refractivity contribution in [3.8, 4) is 0 Å². The molecule has 0 radical (unpaired) electrons. The van der Waals surface area contributed by atoms with E-state index in [-0.39, 0.29) is 6.61 Å². The van der Waals surface area contributed by atoms with E-state index < -0.39 is 12.8 Å². The van der Waals surface area contributed by atoms with Gasteiger partial charge in [0.05, 0.1) is 6.61 Å². The van der Waals surface area contributed by atoms with Gasteiger partial charge in [0.1, 0.15) is 0 Å². The molecule has 1 atom stereocenters. The van der Waals surface area contributed by atoms with Gasteiger partial charge in [0.2, 0.25) is 0 Å². The molecular formula is C13H22N3O3PS. The zero-order valence-corrected chi connectivity index (χ0v) is 14.2. The maximum absolute atomic E-state index is 12.5. The van der Waals surface area contributed by atoms with Gasteiger partial charge in [-0.25, -0.2) is 4.79 Å². The van der Waals surface area contributed by atoms with Gasteiger partial charge in [-0.2, -0.15) is 0 Å². The van der Waals surface area contributed by atoms with Crippen LogP contribution in [0, 0.1) is 5.92 Å². The summed E-state index contributed by atoms with van der Waals surface area (Å²) in [4.78, 5) is 15.8. The monoisotopic (exact) mass is 331 g/mol. The van der Waals surface area contributed by atoms with E-state index >= 15 is 0 Å². The molecule has 1 aromatic rings. The first-order chi connectivity index (χ1) is 9.95. The fourth-order valence-electron chi connectivity index (χ4n) is 1.37. The molecule has 0 spiro atoms. The molecule has 8 heteroatoms. The first kappa shape index (κ1) is 18.0. The molecule has 6 nitrogen and oxygen atoms in total. The lowest BCUT2D eigenvalue weighted by atomic mass is 10.3. The van der Waals surface area contributed by atoms with Gasteiger partial charge in [-0.3, -0.25) is 14.6 Å². The van der Waals surface area contributed by atoms with Gasteiger partial charge in [0.25, 0.3) is 0 Å². The van der Waals surface area contributed by atoms with Crippen molar-refractivity contribution in [1.29, 1.82) is 0 Å². The largest absolute Gasteiger partial charge is 0.354 e. The quantitative estimate of drug-likeness (QED) is 0.714. The minimum atomic E-state index is -3.21. The molecular weight excluding hydrogens is 309 g/mol. The Labute approximate surface area is 129 Å². The van der Waals surface area contributed by atoms with Gasteiger partial charge >= 0.3 is 12.8 Å². The number of rotatable bonds is 8. The van der Waals surface area contributed by atoms with E-state index in [9.17, 15) is 9.36 Å². The highest BCUT2D eigenvalue weighted by Crippen LogP contribution is 2.56. The standard InChI is InChI=1S/C13H22N3O3PS/c1-4-19-20(18,21-10-11(2)3)16-13(17)15-9-12-6-5-7-14-8-12/h5-8,11H,4,9-10H2,1-3H3,(H2,15,16,17,18). The van der Waals surface area contributed by atoms with Crippen LogP contribution >= 0.6 is 18.1 Å². The number of urea groups is 1. The van der Waals surface area contributed by atoms with Crippen molar-refractivity contribution < 1.29 is 13.9 Å². The lowest BCUT2D eigenvalue weighted by Gasteiger charge is -2.19. The molecule has 0 bridgehead atoms. The van der Waals surface area contributed by atoms with E-state index in [4.69, 9.17) is 4.52 Å². The summed E-state index contributed by atoms with van der Waals surface area (Å²) in [5, 5.41) is 5.09. The predicted octanol–water partition coefficient (Wildman–Crippen LogP) is 3.41. The van der Waals surface area contributed by atoms with Crippen LogP contribution in [-0.4, -0.2) is 23.4 Å². The van der Waals surface area contributed by atoms with Crippen LogP contribution < -0.4 is 10.4 Å². The molecule has 0 aliphatic heterocycles. The van der Waals surface area contributed by atoms with Crippen LogP contribution in [0.4, 0.5) is 4.79 Å². The third-order valence-corrected chi connectivity index (χ3v) is 6.58. The van der Waals surface area contributed by atoms with Crippen LogP contribution in [0.2, 0.25) is 0 Å². The number of carbonyl (C=O) groups is 1. The van der Waals surface area contributed by atoms with E-state index in [0.29, 0.717) is 18.2 Å². The van der Waals surface area contributed by atoms with Crippen LogP contribution in [0.5, 0.6) is 0 Å². The number of hydrogen-bond donors (Lipinski definition) is 2. The van der Waals surface area contributed by atoms with Crippen molar-refractivity contribution in [1.82, 2.24) is 15.4 Å². The van der Waals surface area contributed by atoms with Gasteiger partial charge < -0.3 is 9.84 Å². The third kappa shape index (κ3) is 7.50. The molecule has 0 saturated heterocycles. The maximum atomic E-state index is 12.5. The van der Waals surface area contributed by atoms with Crippen molar-refractivity contribution in [3.05, 3.63) is 30.1 Å². The average Bonchev–Trinajstić information content (AvgIpc) is 2.44. The summed E-state index contributed by atoms with van der Waals surface area (Å²) in [6.45, 7) is 3.18. The lowest BCUT2D eigenvalue weighted by molar-refractivity contribution is 0.243. The lowest BCUT2D eigenvalue weighted by Crippen LogP contribution is -2.33. The van der Waals surface area contributed by atoms with E-state index in [1.807, 2.05) is 19.9 Å². The molecule has 21 heavy (non-hydrogen) atoms. The fourth-order valence-corrected chi connectivity index (χ4v) is 5.20. The molecule has 0 fully saturated rings. The van der Waals surface area contributed by atoms with Crippen molar-refractivity contribution >= 4 is 24.1 Å². The summed E-state index contributed by atoms with van der Waals surface area (Å²) in [6.07, 6.45) is 3.32. The molecule has 1 aromatic heterocycles. The summed E-state index contributed by atoms with van der Waals surface area (Å²) in [5.74, 6) is 1.02. The Morgan fingerprint density at radius 2 is 2.29 bits per heavy atom. The zero-order valence-electron chi connectivity index (χ0n) is 12.5. The second kappa shape index (κ2) is 9.07. The normalized spacial score (nSPS) is 13.7. The van der Waals surface area contributed by atoms with Crippen molar-refractivity contribution in [2.24, 2.45) is 5.92 Å². The number of amides is 2. The number of nitrogens with one attached hydrogen (secondary N) is 2. The molecule has 1 rings (SSSR count). The summed E-state index contributed by atoms with van der Waals surface area (Å²) >= 11 is 1.16. The SMILES string of the molecule is CCOP(=O)(NC(=O)NCc1cccnc1)SCC(C)C. The van der Waals surface area contributed by atoms with Crippen LogP contribution in [0.3, 0.4) is 0 Å². The smallest absolute Gasteiger partial charge is 0.334 e. The molecule has 2 N–H and O–H groups in total. The molecule has 0 aromatic carbocycles. The zero-order chi connectivity index (χ0) is 15.7. The minimum Gasteiger partial charge on any atom is -0.334 e. The Morgan fingerprint density at radius 3 is 2.86 bits per heavy atom. The maximum Gasteiger partial charge on any atom is 0.354 e. The molecule has 118 valence electrons. The van der Waals surface area contributed by atoms with Crippen molar-refractivity contribution in [2.75, 3.05) is 12.4 Å². The topological polar surface area (TPSA) is 80.3 Å². The summed E-state index contributed by atoms with van der Waals surface area (Å²) < 4.78 is 17.7. The Hall–Kier alpha value is -1.04. The number of aromatic nitrogens is 1. The van der Waals surface area contributed by atoms with E-state index in [1.165, 1.54) is 0 Å². The first-order valence-electron chi connectivity index (χ1n) is 6.79. The Kier molecular flexibility index (Phi) is 7.78. The highest BCUT2D eigenvalue weighted by atomic mass is 32.7. The number of pyridine rings is 1. The number of carbonyl (C=O) groups excluding carboxylic acids is 1. The highest BCUT2D eigenvalue weighted by Gasteiger charge is 2.26. The van der Waals surface area contributed by atoms with Crippen LogP contribution in [-0.2, 0) is 15.6 Å². The van der Waals surface area contributed by atoms with Gasteiger partial charge in [0.15, 0.2) is 0 Å². The average molecular weight is 331 g/mol. The molecule has 0 aliphatic carbocycles. The summed E-state index contributed by atoms with van der Waals surface area (Å²) in [7, 11) is 0. The van der Waals surface area contributed by atoms with Crippen molar-refractivity contribution in [2.45, 2.75) is 27.3 Å². The molecule has 2 amide bonds. The second-order valence-electron chi connectivity index (χ2n) is 4.76. The van der Waals surface area contributed by atoms with Gasteiger partial charge in [-0.1, -0.05) is 19.9 Å². The van der Waals surface area contributed by atoms with Crippen LogP contribution in [0.25, 0.3) is 0 Å². The van der Waals surface area contributed by atoms with Gasteiger partial charge in [0, 0.05) is 24.7 Å². The van der Waals surface area contributed by atoms with Gasteiger partial charge in [-0.05, 0) is 35.9 Å². The molecule has 0 aliphatic rings.